The van der Waals surface area contributed by atoms with E-state index in [0.717, 1.165) is 11.4 Å². The number of carboxylic acid groups (broad SMARTS) is 1. The van der Waals surface area contributed by atoms with Gasteiger partial charge >= 0.3 is 5.97 Å². The average Bonchev–Trinajstić information content (AvgIpc) is 2.31. The molecule has 0 aromatic carbocycles. The van der Waals surface area contributed by atoms with Crippen LogP contribution in [0.1, 0.15) is 36.3 Å². The number of hydrogen-bond acceptors (Lipinski definition) is 3. The molecule has 1 N–H and O–H groups in total. The van der Waals surface area contributed by atoms with Crippen LogP contribution in [0.2, 0.25) is 0 Å². The summed E-state index contributed by atoms with van der Waals surface area (Å²) < 4.78 is 0. The van der Waals surface area contributed by atoms with Crippen molar-refractivity contribution >= 4 is 17.3 Å². The van der Waals surface area contributed by atoms with Crippen molar-refractivity contribution in [3.63, 3.8) is 0 Å². The van der Waals surface area contributed by atoms with Gasteiger partial charge in [0.2, 0.25) is 0 Å². The number of aromatic carboxylic acids is 1. The summed E-state index contributed by atoms with van der Waals surface area (Å²) in [6, 6.07) is 0. The van der Waals surface area contributed by atoms with Crippen molar-refractivity contribution in [1.29, 1.82) is 0 Å². The second-order valence-electron chi connectivity index (χ2n) is 4.17. The third-order valence-electron chi connectivity index (χ3n) is 1.45. The Balaban J connectivity index is 2.75. The lowest BCUT2D eigenvalue weighted by Crippen LogP contribution is -2.09. The van der Waals surface area contributed by atoms with Gasteiger partial charge in [-0.2, -0.15) is 0 Å². The maximum absolute atomic E-state index is 10.5. The summed E-state index contributed by atoms with van der Waals surface area (Å²) in [4.78, 5) is 14.5. The molecule has 1 aromatic rings. The molecule has 0 saturated carbocycles. The van der Waals surface area contributed by atoms with Crippen molar-refractivity contribution in [2.45, 2.75) is 27.2 Å². The van der Waals surface area contributed by atoms with E-state index < -0.39 is 5.97 Å². The van der Waals surface area contributed by atoms with E-state index in [-0.39, 0.29) is 11.1 Å². The zero-order chi connectivity index (χ0) is 10.1. The van der Waals surface area contributed by atoms with Crippen LogP contribution in [-0.4, -0.2) is 16.1 Å². The smallest absolute Gasteiger partial charge is 0.355 e. The minimum Gasteiger partial charge on any atom is -0.476 e. The number of nitrogens with zero attached hydrogens (tertiary/aromatic N) is 1. The number of hydrogen-bond donors (Lipinski definition) is 1. The van der Waals surface area contributed by atoms with Gasteiger partial charge in [0.15, 0.2) is 5.69 Å². The van der Waals surface area contributed by atoms with Crippen LogP contribution >= 0.6 is 11.3 Å². The first-order valence-electron chi connectivity index (χ1n) is 4.06. The van der Waals surface area contributed by atoms with E-state index in [0.29, 0.717) is 0 Å². The molecule has 0 aliphatic rings. The molecule has 0 radical (unpaired) electrons. The Morgan fingerprint density at radius 3 is 2.62 bits per heavy atom. The van der Waals surface area contributed by atoms with Crippen LogP contribution in [-0.2, 0) is 6.42 Å². The molecule has 0 amide bonds. The highest BCUT2D eigenvalue weighted by Gasteiger charge is 2.15. The summed E-state index contributed by atoms with van der Waals surface area (Å²) in [5, 5.41) is 11.1. The van der Waals surface area contributed by atoms with Gasteiger partial charge in [0.25, 0.3) is 0 Å². The van der Waals surface area contributed by atoms with Gasteiger partial charge in [0, 0.05) is 11.8 Å². The lowest BCUT2D eigenvalue weighted by Gasteiger charge is -2.15. The Morgan fingerprint density at radius 1 is 1.62 bits per heavy atom. The molecule has 1 rings (SSSR count). The molecule has 13 heavy (non-hydrogen) atoms. The lowest BCUT2D eigenvalue weighted by atomic mass is 9.93. The molecule has 3 nitrogen and oxygen atoms in total. The molecule has 0 atom stereocenters. The molecule has 0 saturated heterocycles. The number of carboxylic acids is 1. The van der Waals surface area contributed by atoms with Crippen molar-refractivity contribution in [1.82, 2.24) is 4.98 Å². The highest BCUT2D eigenvalue weighted by Crippen LogP contribution is 2.22. The van der Waals surface area contributed by atoms with Gasteiger partial charge in [-0.1, -0.05) is 20.8 Å². The Kier molecular flexibility index (Phi) is 2.71. The average molecular weight is 199 g/mol. The van der Waals surface area contributed by atoms with Crippen molar-refractivity contribution < 1.29 is 9.90 Å². The zero-order valence-corrected chi connectivity index (χ0v) is 8.81. The second kappa shape index (κ2) is 3.46. The van der Waals surface area contributed by atoms with E-state index in [9.17, 15) is 4.79 Å². The summed E-state index contributed by atoms with van der Waals surface area (Å²) in [5.41, 5.74) is 0.317. The van der Waals surface area contributed by atoms with Crippen molar-refractivity contribution in [3.8, 4) is 0 Å². The molecule has 0 aliphatic carbocycles. The molecule has 0 unspecified atom stereocenters. The molecule has 0 fully saturated rings. The Hall–Kier alpha value is -0.900. The van der Waals surface area contributed by atoms with E-state index in [4.69, 9.17) is 5.11 Å². The van der Waals surface area contributed by atoms with Crippen molar-refractivity contribution in [2.75, 3.05) is 0 Å². The fraction of sp³-hybridized carbons (Fsp3) is 0.556. The number of thiazole rings is 1. The Bertz CT molecular complexity index is 312. The van der Waals surface area contributed by atoms with Crippen LogP contribution in [0.5, 0.6) is 0 Å². The Morgan fingerprint density at radius 2 is 2.23 bits per heavy atom. The molecule has 0 aliphatic heterocycles. The van der Waals surface area contributed by atoms with E-state index in [2.05, 4.69) is 25.8 Å². The molecule has 1 heterocycles. The number of aromatic nitrogens is 1. The summed E-state index contributed by atoms with van der Waals surface area (Å²) in [6.07, 6.45) is 0.824. The lowest BCUT2D eigenvalue weighted by molar-refractivity contribution is 0.0691. The normalized spacial score (nSPS) is 11.6. The SMILES string of the molecule is CC(C)(C)Cc1nc(C(=O)O)cs1. The number of carbonyl (C=O) groups is 1. The summed E-state index contributed by atoms with van der Waals surface area (Å²) in [6.45, 7) is 6.32. The van der Waals surface area contributed by atoms with Gasteiger partial charge in [0.05, 0.1) is 5.01 Å². The maximum atomic E-state index is 10.5. The first-order valence-corrected chi connectivity index (χ1v) is 4.94. The molecular formula is C9H13NO2S. The molecular weight excluding hydrogens is 186 g/mol. The van der Waals surface area contributed by atoms with Crippen LogP contribution in [0.4, 0.5) is 0 Å². The van der Waals surface area contributed by atoms with Gasteiger partial charge in [0.1, 0.15) is 0 Å². The van der Waals surface area contributed by atoms with E-state index in [1.54, 1.807) is 5.38 Å². The predicted molar refractivity (Wildman–Crippen MR) is 52.2 cm³/mol. The van der Waals surface area contributed by atoms with Crippen LogP contribution < -0.4 is 0 Å². The quantitative estimate of drug-likeness (QED) is 0.795. The van der Waals surface area contributed by atoms with Crippen molar-refractivity contribution in [3.05, 3.63) is 16.1 Å². The highest BCUT2D eigenvalue weighted by atomic mass is 32.1. The first-order chi connectivity index (χ1) is 5.88. The molecule has 0 bridgehead atoms. The van der Waals surface area contributed by atoms with E-state index in [1.807, 2.05) is 0 Å². The van der Waals surface area contributed by atoms with Gasteiger partial charge in [-0.25, -0.2) is 9.78 Å². The monoisotopic (exact) mass is 199 g/mol. The Labute approximate surface area is 81.4 Å². The summed E-state index contributed by atoms with van der Waals surface area (Å²) in [5.74, 6) is -0.948. The van der Waals surface area contributed by atoms with E-state index >= 15 is 0 Å². The third kappa shape index (κ3) is 3.14. The summed E-state index contributed by atoms with van der Waals surface area (Å²) >= 11 is 1.41. The predicted octanol–water partition coefficient (Wildman–Crippen LogP) is 2.43. The molecule has 0 spiro atoms. The van der Waals surface area contributed by atoms with E-state index in [1.165, 1.54) is 11.3 Å². The zero-order valence-electron chi connectivity index (χ0n) is 8.00. The van der Waals surface area contributed by atoms with Crippen LogP contribution in [0.25, 0.3) is 0 Å². The van der Waals surface area contributed by atoms with Crippen LogP contribution in [0, 0.1) is 5.41 Å². The fourth-order valence-electron chi connectivity index (χ4n) is 0.944. The summed E-state index contributed by atoms with van der Waals surface area (Å²) in [7, 11) is 0. The van der Waals surface area contributed by atoms with Gasteiger partial charge in [-0.15, -0.1) is 11.3 Å². The minimum atomic E-state index is -0.948. The highest BCUT2D eigenvalue weighted by molar-refractivity contribution is 7.09. The molecule has 4 heteroatoms. The first kappa shape index (κ1) is 10.2. The largest absolute Gasteiger partial charge is 0.476 e. The van der Waals surface area contributed by atoms with Gasteiger partial charge in [-0.3, -0.25) is 0 Å². The van der Waals surface area contributed by atoms with Crippen LogP contribution in [0.15, 0.2) is 5.38 Å². The standard InChI is InChI=1S/C9H13NO2S/c1-9(2,3)4-7-10-6(5-13-7)8(11)12/h5H,4H2,1-3H3,(H,11,12). The molecule has 72 valence electrons. The minimum absolute atomic E-state index is 0.157. The second-order valence-corrected chi connectivity index (χ2v) is 5.11. The number of rotatable bonds is 2. The van der Waals surface area contributed by atoms with Gasteiger partial charge in [-0.05, 0) is 5.41 Å². The molecule has 1 aromatic heterocycles. The fourth-order valence-corrected chi connectivity index (χ4v) is 2.01. The van der Waals surface area contributed by atoms with Gasteiger partial charge < -0.3 is 5.11 Å². The topological polar surface area (TPSA) is 50.2 Å². The van der Waals surface area contributed by atoms with Crippen molar-refractivity contribution in [2.24, 2.45) is 5.41 Å². The van der Waals surface area contributed by atoms with Crippen LogP contribution in [0.3, 0.4) is 0 Å². The maximum Gasteiger partial charge on any atom is 0.355 e. The third-order valence-corrected chi connectivity index (χ3v) is 2.30.